The molecule has 0 radical (unpaired) electrons. The minimum atomic E-state index is -1.75. The standard InChI is InChI=1S/C7H5F4NS/c1-13-7-4(10)2(8)3(9)6(12)5(7)11/h12H2,1H3. The van der Waals surface area contributed by atoms with Crippen molar-refractivity contribution in [3.63, 3.8) is 0 Å². The van der Waals surface area contributed by atoms with E-state index in [1.54, 1.807) is 0 Å². The molecule has 1 rings (SSSR count). The highest BCUT2D eigenvalue weighted by Crippen LogP contribution is 2.31. The summed E-state index contributed by atoms with van der Waals surface area (Å²) in [5, 5.41) is 0. The summed E-state index contributed by atoms with van der Waals surface area (Å²) in [7, 11) is 0. The van der Waals surface area contributed by atoms with Crippen molar-refractivity contribution in [2.24, 2.45) is 0 Å². The fourth-order valence-corrected chi connectivity index (χ4v) is 1.37. The van der Waals surface area contributed by atoms with Crippen LogP contribution in [0, 0.1) is 23.3 Å². The summed E-state index contributed by atoms with van der Waals surface area (Å²) in [6.45, 7) is 0. The number of nitrogens with two attached hydrogens (primary N) is 1. The molecule has 13 heavy (non-hydrogen) atoms. The van der Waals surface area contributed by atoms with Crippen molar-refractivity contribution < 1.29 is 17.6 Å². The number of nitrogen functional groups attached to an aromatic ring is 1. The molecule has 1 aromatic carbocycles. The Morgan fingerprint density at radius 1 is 0.923 bits per heavy atom. The molecule has 0 bridgehead atoms. The Labute approximate surface area is 75.9 Å². The minimum absolute atomic E-state index is 0.614. The van der Waals surface area contributed by atoms with E-state index in [1.165, 1.54) is 6.26 Å². The van der Waals surface area contributed by atoms with Crippen molar-refractivity contribution in [1.29, 1.82) is 0 Å². The average molecular weight is 211 g/mol. The third kappa shape index (κ3) is 1.46. The van der Waals surface area contributed by atoms with Gasteiger partial charge in [-0.25, -0.2) is 17.6 Å². The van der Waals surface area contributed by atoms with Crippen LogP contribution in [0.25, 0.3) is 0 Å². The van der Waals surface area contributed by atoms with Crippen LogP contribution in [-0.4, -0.2) is 6.26 Å². The average Bonchev–Trinajstić information content (AvgIpc) is 2.13. The maximum atomic E-state index is 12.9. The minimum Gasteiger partial charge on any atom is -0.394 e. The van der Waals surface area contributed by atoms with Crippen molar-refractivity contribution in [3.8, 4) is 0 Å². The normalized spacial score (nSPS) is 10.5. The Morgan fingerprint density at radius 3 is 1.92 bits per heavy atom. The van der Waals surface area contributed by atoms with Crippen molar-refractivity contribution in [2.45, 2.75) is 4.90 Å². The Hall–Kier alpha value is -0.910. The van der Waals surface area contributed by atoms with Gasteiger partial charge in [0.25, 0.3) is 0 Å². The van der Waals surface area contributed by atoms with E-state index in [9.17, 15) is 17.6 Å². The van der Waals surface area contributed by atoms with Crippen LogP contribution in [0.3, 0.4) is 0 Å². The van der Waals surface area contributed by atoms with Crippen molar-refractivity contribution >= 4 is 17.4 Å². The van der Waals surface area contributed by atoms with E-state index >= 15 is 0 Å². The lowest BCUT2D eigenvalue weighted by molar-refractivity contribution is 0.419. The van der Waals surface area contributed by atoms with Gasteiger partial charge in [-0.3, -0.25) is 0 Å². The number of anilines is 1. The molecule has 1 aromatic rings. The van der Waals surface area contributed by atoms with Crippen LogP contribution < -0.4 is 5.73 Å². The summed E-state index contributed by atoms with van der Waals surface area (Å²) in [5.74, 6) is -6.24. The topological polar surface area (TPSA) is 26.0 Å². The number of thioether (sulfide) groups is 1. The molecule has 0 aliphatic heterocycles. The van der Waals surface area contributed by atoms with E-state index < -0.39 is 33.9 Å². The van der Waals surface area contributed by atoms with E-state index in [-0.39, 0.29) is 0 Å². The van der Waals surface area contributed by atoms with Gasteiger partial charge in [0.15, 0.2) is 23.3 Å². The highest BCUT2D eigenvalue weighted by atomic mass is 32.2. The number of rotatable bonds is 1. The molecule has 0 aliphatic carbocycles. The summed E-state index contributed by atoms with van der Waals surface area (Å²) >= 11 is 0.622. The molecule has 0 aliphatic rings. The quantitative estimate of drug-likeness (QED) is 0.254. The molecule has 6 heteroatoms. The molecule has 2 N–H and O–H groups in total. The zero-order valence-corrected chi connectivity index (χ0v) is 7.31. The number of hydrogen-bond acceptors (Lipinski definition) is 2. The SMILES string of the molecule is CSc1c(F)c(N)c(F)c(F)c1F. The van der Waals surface area contributed by atoms with Crippen molar-refractivity contribution in [1.82, 2.24) is 0 Å². The fourth-order valence-electron chi connectivity index (χ4n) is 0.808. The number of hydrogen-bond donors (Lipinski definition) is 1. The van der Waals surface area contributed by atoms with Crippen LogP contribution in [-0.2, 0) is 0 Å². The van der Waals surface area contributed by atoms with Crippen LogP contribution in [0.1, 0.15) is 0 Å². The molecule has 72 valence electrons. The van der Waals surface area contributed by atoms with E-state index in [2.05, 4.69) is 0 Å². The van der Waals surface area contributed by atoms with E-state index in [0.29, 0.717) is 11.8 Å². The Morgan fingerprint density at radius 2 is 1.46 bits per heavy atom. The van der Waals surface area contributed by atoms with Gasteiger partial charge >= 0.3 is 0 Å². The summed E-state index contributed by atoms with van der Waals surface area (Å²) in [4.78, 5) is -0.614. The van der Waals surface area contributed by atoms with Gasteiger partial charge in [0, 0.05) is 0 Å². The smallest absolute Gasteiger partial charge is 0.197 e. The van der Waals surface area contributed by atoms with Crippen LogP contribution in [0.2, 0.25) is 0 Å². The zero-order chi connectivity index (χ0) is 10.2. The zero-order valence-electron chi connectivity index (χ0n) is 6.50. The highest BCUT2D eigenvalue weighted by Gasteiger charge is 2.22. The van der Waals surface area contributed by atoms with Gasteiger partial charge in [-0.2, -0.15) is 0 Å². The maximum Gasteiger partial charge on any atom is 0.197 e. The molecule has 0 heterocycles. The molecular formula is C7H5F4NS. The van der Waals surface area contributed by atoms with Crippen LogP contribution in [0.5, 0.6) is 0 Å². The number of halogens is 4. The van der Waals surface area contributed by atoms with Gasteiger partial charge in [0.2, 0.25) is 0 Å². The van der Waals surface area contributed by atoms with Crippen LogP contribution in [0.15, 0.2) is 4.90 Å². The summed E-state index contributed by atoms with van der Waals surface area (Å²) in [6, 6.07) is 0. The van der Waals surface area contributed by atoms with Crippen LogP contribution in [0.4, 0.5) is 23.2 Å². The lowest BCUT2D eigenvalue weighted by atomic mass is 10.2. The lowest BCUT2D eigenvalue weighted by Gasteiger charge is -2.06. The van der Waals surface area contributed by atoms with Gasteiger partial charge in [0.05, 0.1) is 4.90 Å². The second kappa shape index (κ2) is 3.45. The third-order valence-electron chi connectivity index (χ3n) is 1.46. The second-order valence-electron chi connectivity index (χ2n) is 2.20. The summed E-state index contributed by atoms with van der Waals surface area (Å²) in [5.41, 5.74) is 3.86. The van der Waals surface area contributed by atoms with Crippen LogP contribution >= 0.6 is 11.8 Å². The van der Waals surface area contributed by atoms with Gasteiger partial charge in [-0.1, -0.05) is 0 Å². The molecule has 0 fully saturated rings. The first-order valence-electron chi connectivity index (χ1n) is 3.16. The Balaban J connectivity index is 3.56. The Bertz CT molecular complexity index is 324. The molecule has 0 unspecified atom stereocenters. The molecule has 0 aromatic heterocycles. The van der Waals surface area contributed by atoms with Crippen molar-refractivity contribution in [3.05, 3.63) is 23.3 Å². The van der Waals surface area contributed by atoms with E-state index in [0.717, 1.165) is 0 Å². The largest absolute Gasteiger partial charge is 0.394 e. The van der Waals surface area contributed by atoms with E-state index in [1.807, 2.05) is 0 Å². The molecule has 0 atom stereocenters. The molecule has 0 saturated heterocycles. The second-order valence-corrected chi connectivity index (χ2v) is 3.02. The lowest BCUT2D eigenvalue weighted by Crippen LogP contribution is -2.04. The highest BCUT2D eigenvalue weighted by molar-refractivity contribution is 7.98. The predicted molar refractivity (Wildman–Crippen MR) is 42.5 cm³/mol. The van der Waals surface area contributed by atoms with Gasteiger partial charge < -0.3 is 5.73 Å². The van der Waals surface area contributed by atoms with Gasteiger partial charge in [0.1, 0.15) is 5.69 Å². The summed E-state index contributed by atoms with van der Waals surface area (Å²) in [6.07, 6.45) is 1.33. The molecule has 0 spiro atoms. The Kier molecular flexibility index (Phi) is 2.70. The van der Waals surface area contributed by atoms with Gasteiger partial charge in [-0.15, -0.1) is 11.8 Å². The third-order valence-corrected chi connectivity index (χ3v) is 2.23. The van der Waals surface area contributed by atoms with E-state index in [4.69, 9.17) is 5.73 Å². The van der Waals surface area contributed by atoms with Gasteiger partial charge in [-0.05, 0) is 6.26 Å². The molecule has 0 amide bonds. The molecule has 1 nitrogen and oxygen atoms in total. The summed E-state index contributed by atoms with van der Waals surface area (Å²) < 4.78 is 50.9. The fraction of sp³-hybridized carbons (Fsp3) is 0.143. The van der Waals surface area contributed by atoms with Crippen molar-refractivity contribution in [2.75, 3.05) is 12.0 Å². The molecule has 0 saturated carbocycles. The monoisotopic (exact) mass is 211 g/mol. The first-order valence-corrected chi connectivity index (χ1v) is 4.38. The maximum absolute atomic E-state index is 12.9. The molecular weight excluding hydrogens is 206 g/mol. The first-order chi connectivity index (χ1) is 6.00. The predicted octanol–water partition coefficient (Wildman–Crippen LogP) is 2.55. The number of benzene rings is 1. The first kappa shape index (κ1) is 10.2.